The number of aliphatic hydroxyl groups excluding tert-OH is 1. The van der Waals surface area contributed by atoms with Gasteiger partial charge in [0.2, 0.25) is 0 Å². The van der Waals surface area contributed by atoms with E-state index in [0.29, 0.717) is 18.5 Å². The van der Waals surface area contributed by atoms with Crippen LogP contribution in [-0.2, 0) is 0 Å². The minimum absolute atomic E-state index is 0.0286. The van der Waals surface area contributed by atoms with E-state index in [0.717, 1.165) is 5.56 Å². The molecule has 0 fully saturated rings. The van der Waals surface area contributed by atoms with Crippen molar-refractivity contribution in [3.05, 3.63) is 35.4 Å². The second-order valence-electron chi connectivity index (χ2n) is 5.49. The van der Waals surface area contributed by atoms with Crippen LogP contribution in [0.4, 0.5) is 0 Å². The fourth-order valence-corrected chi connectivity index (χ4v) is 1.93. The summed E-state index contributed by atoms with van der Waals surface area (Å²) in [4.78, 5) is 14.1. The first-order chi connectivity index (χ1) is 9.87. The summed E-state index contributed by atoms with van der Waals surface area (Å²) in [6.07, 6.45) is 0.415. The zero-order valence-corrected chi connectivity index (χ0v) is 12.9. The largest absolute Gasteiger partial charge is 0.395 e. The van der Waals surface area contributed by atoms with Crippen LogP contribution in [0, 0.1) is 11.8 Å². The van der Waals surface area contributed by atoms with Gasteiger partial charge in [-0.15, -0.1) is 0 Å². The Balaban J connectivity index is 2.91. The van der Waals surface area contributed by atoms with Crippen molar-refractivity contribution in [2.45, 2.75) is 32.8 Å². The van der Waals surface area contributed by atoms with E-state index >= 15 is 0 Å². The lowest BCUT2D eigenvalue weighted by Gasteiger charge is -2.28. The van der Waals surface area contributed by atoms with E-state index in [1.807, 2.05) is 13.0 Å². The van der Waals surface area contributed by atoms with Gasteiger partial charge in [0, 0.05) is 30.6 Å². The standard InChI is InChI=1S/C17H23NO3/c1-4-18(13-17(2,3)21)16(20)15-10-7-9-14(12-15)8-5-6-11-19/h7,9-10,12,19,21H,4,6,11,13H2,1-3H3. The van der Waals surface area contributed by atoms with Gasteiger partial charge in [-0.05, 0) is 39.0 Å². The maximum absolute atomic E-state index is 12.5. The Morgan fingerprint density at radius 2 is 2.10 bits per heavy atom. The molecule has 0 bridgehead atoms. The second kappa shape index (κ2) is 7.82. The van der Waals surface area contributed by atoms with Crippen LogP contribution in [0.25, 0.3) is 0 Å². The highest BCUT2D eigenvalue weighted by Gasteiger charge is 2.22. The molecule has 0 heterocycles. The van der Waals surface area contributed by atoms with Crippen LogP contribution in [0.5, 0.6) is 0 Å². The van der Waals surface area contributed by atoms with Gasteiger partial charge >= 0.3 is 0 Å². The quantitative estimate of drug-likeness (QED) is 0.810. The molecule has 0 aromatic heterocycles. The summed E-state index contributed by atoms with van der Waals surface area (Å²) in [5.74, 6) is 5.63. The minimum Gasteiger partial charge on any atom is -0.395 e. The van der Waals surface area contributed by atoms with Gasteiger partial charge in [0.05, 0.1) is 12.2 Å². The van der Waals surface area contributed by atoms with Gasteiger partial charge in [0.1, 0.15) is 0 Å². The molecule has 114 valence electrons. The molecule has 2 N–H and O–H groups in total. The summed E-state index contributed by atoms with van der Waals surface area (Å²) in [6, 6.07) is 7.09. The average Bonchev–Trinajstić information content (AvgIpc) is 2.44. The summed E-state index contributed by atoms with van der Waals surface area (Å²) in [5.41, 5.74) is 0.370. The monoisotopic (exact) mass is 289 g/mol. The van der Waals surface area contributed by atoms with Gasteiger partial charge in [-0.1, -0.05) is 17.9 Å². The number of hydrogen-bond donors (Lipinski definition) is 2. The first-order valence-corrected chi connectivity index (χ1v) is 7.09. The number of nitrogens with zero attached hydrogens (tertiary/aromatic N) is 1. The minimum atomic E-state index is -0.926. The molecule has 0 radical (unpaired) electrons. The second-order valence-corrected chi connectivity index (χ2v) is 5.49. The molecule has 0 unspecified atom stereocenters. The Hall–Kier alpha value is -1.83. The van der Waals surface area contributed by atoms with Crippen molar-refractivity contribution in [3.8, 4) is 11.8 Å². The summed E-state index contributed by atoms with van der Waals surface area (Å²) in [7, 11) is 0. The molecule has 4 heteroatoms. The topological polar surface area (TPSA) is 60.8 Å². The van der Waals surface area contributed by atoms with Crippen LogP contribution >= 0.6 is 0 Å². The van der Waals surface area contributed by atoms with Crippen LogP contribution in [0.1, 0.15) is 43.1 Å². The maximum atomic E-state index is 12.5. The molecule has 1 amide bonds. The molecule has 0 aliphatic carbocycles. The van der Waals surface area contributed by atoms with E-state index < -0.39 is 5.60 Å². The van der Waals surface area contributed by atoms with Crippen molar-refractivity contribution >= 4 is 5.91 Å². The molecule has 0 aliphatic rings. The number of carbonyl (C=O) groups excluding carboxylic acids is 1. The highest BCUT2D eigenvalue weighted by molar-refractivity contribution is 5.94. The van der Waals surface area contributed by atoms with Crippen molar-refractivity contribution in [3.63, 3.8) is 0 Å². The zero-order chi connectivity index (χ0) is 15.9. The van der Waals surface area contributed by atoms with Crippen molar-refractivity contribution in [2.75, 3.05) is 19.7 Å². The SMILES string of the molecule is CCN(CC(C)(C)O)C(=O)c1cccc(C#CCCO)c1. The van der Waals surface area contributed by atoms with E-state index in [1.165, 1.54) is 0 Å². The Kier molecular flexibility index (Phi) is 6.41. The Morgan fingerprint density at radius 3 is 2.67 bits per heavy atom. The molecule has 1 rings (SSSR count). The number of aliphatic hydroxyl groups is 2. The lowest BCUT2D eigenvalue weighted by molar-refractivity contribution is 0.0314. The van der Waals surface area contributed by atoms with Crippen LogP contribution in [0.2, 0.25) is 0 Å². The van der Waals surface area contributed by atoms with Gasteiger partial charge in [-0.3, -0.25) is 4.79 Å². The number of amides is 1. The lowest BCUT2D eigenvalue weighted by Crippen LogP contribution is -2.42. The fourth-order valence-electron chi connectivity index (χ4n) is 1.93. The first kappa shape index (κ1) is 17.2. The molecular formula is C17H23NO3. The number of carbonyl (C=O) groups is 1. The molecule has 0 saturated carbocycles. The fraction of sp³-hybridized carbons (Fsp3) is 0.471. The number of likely N-dealkylation sites (N-methyl/N-ethyl adjacent to an activating group) is 1. The number of rotatable bonds is 5. The van der Waals surface area contributed by atoms with Crippen LogP contribution in [0.15, 0.2) is 24.3 Å². The van der Waals surface area contributed by atoms with Gasteiger partial charge in [0.15, 0.2) is 0 Å². The zero-order valence-electron chi connectivity index (χ0n) is 12.9. The summed E-state index contributed by atoms with van der Waals surface area (Å²) in [5, 5.41) is 18.6. The van der Waals surface area contributed by atoms with Crippen LogP contribution in [0.3, 0.4) is 0 Å². The van der Waals surface area contributed by atoms with Crippen molar-refractivity contribution in [1.29, 1.82) is 0 Å². The van der Waals surface area contributed by atoms with E-state index in [9.17, 15) is 9.90 Å². The Morgan fingerprint density at radius 1 is 1.38 bits per heavy atom. The molecular weight excluding hydrogens is 266 g/mol. The van der Waals surface area contributed by atoms with E-state index in [1.54, 1.807) is 36.9 Å². The van der Waals surface area contributed by atoms with Gasteiger partial charge in [-0.25, -0.2) is 0 Å². The molecule has 21 heavy (non-hydrogen) atoms. The first-order valence-electron chi connectivity index (χ1n) is 7.09. The molecule has 0 atom stereocenters. The number of benzene rings is 1. The smallest absolute Gasteiger partial charge is 0.253 e. The molecule has 1 aromatic carbocycles. The van der Waals surface area contributed by atoms with E-state index in [2.05, 4.69) is 11.8 Å². The number of hydrogen-bond acceptors (Lipinski definition) is 3. The molecule has 0 saturated heterocycles. The average molecular weight is 289 g/mol. The summed E-state index contributed by atoms with van der Waals surface area (Å²) in [6.45, 7) is 6.08. The van der Waals surface area contributed by atoms with E-state index in [-0.39, 0.29) is 19.1 Å². The highest BCUT2D eigenvalue weighted by atomic mass is 16.3. The maximum Gasteiger partial charge on any atom is 0.253 e. The van der Waals surface area contributed by atoms with Gasteiger partial charge in [-0.2, -0.15) is 0 Å². The van der Waals surface area contributed by atoms with Gasteiger partial charge < -0.3 is 15.1 Å². The highest BCUT2D eigenvalue weighted by Crippen LogP contribution is 2.11. The molecule has 0 aliphatic heterocycles. The van der Waals surface area contributed by atoms with Gasteiger partial charge in [0.25, 0.3) is 5.91 Å². The third-order valence-electron chi connectivity index (χ3n) is 2.83. The normalized spacial score (nSPS) is 10.7. The van der Waals surface area contributed by atoms with E-state index in [4.69, 9.17) is 5.11 Å². The predicted octanol–water partition coefficient (Wildman–Crippen LogP) is 1.65. The molecule has 0 spiro atoms. The third-order valence-corrected chi connectivity index (χ3v) is 2.83. The van der Waals surface area contributed by atoms with Crippen molar-refractivity contribution < 1.29 is 15.0 Å². The van der Waals surface area contributed by atoms with Crippen LogP contribution < -0.4 is 0 Å². The Bertz CT molecular complexity index is 535. The predicted molar refractivity (Wildman–Crippen MR) is 82.9 cm³/mol. The molecule has 4 nitrogen and oxygen atoms in total. The Labute approximate surface area is 126 Å². The molecule has 1 aromatic rings. The third kappa shape index (κ3) is 5.99. The lowest BCUT2D eigenvalue weighted by atomic mass is 10.1. The summed E-state index contributed by atoms with van der Waals surface area (Å²) < 4.78 is 0. The van der Waals surface area contributed by atoms with Crippen molar-refractivity contribution in [2.24, 2.45) is 0 Å². The van der Waals surface area contributed by atoms with Crippen molar-refractivity contribution in [1.82, 2.24) is 4.90 Å². The van der Waals surface area contributed by atoms with Crippen LogP contribution in [-0.4, -0.2) is 46.3 Å². The summed E-state index contributed by atoms with van der Waals surface area (Å²) >= 11 is 0.